The van der Waals surface area contributed by atoms with Crippen LogP contribution < -0.4 is 16.0 Å². The summed E-state index contributed by atoms with van der Waals surface area (Å²) in [6.07, 6.45) is 3.35. The van der Waals surface area contributed by atoms with Crippen molar-refractivity contribution in [1.29, 1.82) is 0 Å². The number of hydrogen-bond acceptors (Lipinski definition) is 3. The molecule has 126 valence electrons. The Morgan fingerprint density at radius 3 is 2.42 bits per heavy atom. The number of carbonyl (C=O) groups excluding carboxylic acids is 2. The Morgan fingerprint density at radius 2 is 1.79 bits per heavy atom. The zero-order valence-corrected chi connectivity index (χ0v) is 14.1. The molecule has 0 aliphatic carbocycles. The average molecular weight is 326 g/mol. The van der Waals surface area contributed by atoms with E-state index in [0.717, 1.165) is 27.9 Å². The van der Waals surface area contributed by atoms with E-state index in [-0.39, 0.29) is 12.5 Å². The second-order valence-electron chi connectivity index (χ2n) is 5.72. The van der Waals surface area contributed by atoms with E-state index in [2.05, 4.69) is 20.9 Å². The highest BCUT2D eigenvalue weighted by Gasteiger charge is 2.09. The molecule has 0 spiro atoms. The van der Waals surface area contributed by atoms with Gasteiger partial charge in [-0.25, -0.2) is 4.79 Å². The Balaban J connectivity index is 1.80. The third-order valence-electron chi connectivity index (χ3n) is 3.53. The van der Waals surface area contributed by atoms with Crippen molar-refractivity contribution >= 4 is 17.6 Å². The first-order chi connectivity index (χ1) is 11.5. The molecular weight excluding hydrogens is 304 g/mol. The molecule has 2 rings (SSSR count). The SMILES string of the molecule is Cc1cc(C)c(NC(=O)CNC(=O)NCc2cccnc2)c(C)c1. The molecule has 1 aromatic heterocycles. The van der Waals surface area contributed by atoms with E-state index in [0.29, 0.717) is 6.54 Å². The molecule has 0 atom stereocenters. The summed E-state index contributed by atoms with van der Waals surface area (Å²) in [4.78, 5) is 27.7. The summed E-state index contributed by atoms with van der Waals surface area (Å²) in [7, 11) is 0. The molecule has 1 aromatic carbocycles. The van der Waals surface area contributed by atoms with Crippen molar-refractivity contribution in [1.82, 2.24) is 15.6 Å². The number of nitrogens with one attached hydrogen (secondary N) is 3. The summed E-state index contributed by atoms with van der Waals surface area (Å²) in [5.41, 5.74) is 4.84. The molecule has 6 nitrogen and oxygen atoms in total. The highest BCUT2D eigenvalue weighted by molar-refractivity contribution is 5.95. The van der Waals surface area contributed by atoms with Crippen LogP contribution in [0.3, 0.4) is 0 Å². The predicted octanol–water partition coefficient (Wildman–Crippen LogP) is 2.44. The summed E-state index contributed by atoms with van der Waals surface area (Å²) in [6, 6.07) is 7.29. The lowest BCUT2D eigenvalue weighted by molar-refractivity contribution is -0.115. The number of pyridine rings is 1. The average Bonchev–Trinajstić information content (AvgIpc) is 2.55. The number of aryl methyl sites for hydroxylation is 3. The molecule has 0 fully saturated rings. The van der Waals surface area contributed by atoms with Crippen molar-refractivity contribution < 1.29 is 9.59 Å². The smallest absolute Gasteiger partial charge is 0.315 e. The maximum Gasteiger partial charge on any atom is 0.315 e. The minimum Gasteiger partial charge on any atom is -0.334 e. The molecule has 3 amide bonds. The zero-order valence-electron chi connectivity index (χ0n) is 14.1. The first kappa shape index (κ1) is 17.5. The highest BCUT2D eigenvalue weighted by atomic mass is 16.2. The van der Waals surface area contributed by atoms with Gasteiger partial charge < -0.3 is 16.0 Å². The van der Waals surface area contributed by atoms with Gasteiger partial charge in [-0.1, -0.05) is 23.8 Å². The quantitative estimate of drug-likeness (QED) is 0.789. The van der Waals surface area contributed by atoms with E-state index in [1.54, 1.807) is 18.5 Å². The van der Waals surface area contributed by atoms with Gasteiger partial charge in [-0.2, -0.15) is 0 Å². The first-order valence-corrected chi connectivity index (χ1v) is 7.74. The van der Waals surface area contributed by atoms with E-state index in [9.17, 15) is 9.59 Å². The third-order valence-corrected chi connectivity index (χ3v) is 3.53. The molecule has 1 heterocycles. The summed E-state index contributed by atoms with van der Waals surface area (Å²) in [5.74, 6) is -0.262. The summed E-state index contributed by atoms with van der Waals surface area (Å²) >= 11 is 0. The summed E-state index contributed by atoms with van der Waals surface area (Å²) in [5, 5.41) is 8.06. The third kappa shape index (κ3) is 5.08. The fourth-order valence-electron chi connectivity index (χ4n) is 2.47. The highest BCUT2D eigenvalue weighted by Crippen LogP contribution is 2.21. The van der Waals surface area contributed by atoms with Gasteiger partial charge in [0.2, 0.25) is 5.91 Å². The molecule has 6 heteroatoms. The number of nitrogens with zero attached hydrogens (tertiary/aromatic N) is 1. The lowest BCUT2D eigenvalue weighted by Crippen LogP contribution is -2.39. The van der Waals surface area contributed by atoms with Crippen LogP contribution in [0.15, 0.2) is 36.7 Å². The minimum atomic E-state index is -0.397. The van der Waals surface area contributed by atoms with Crippen LogP contribution in [0, 0.1) is 20.8 Å². The number of benzene rings is 1. The van der Waals surface area contributed by atoms with Gasteiger partial charge in [-0.3, -0.25) is 9.78 Å². The lowest BCUT2D eigenvalue weighted by Gasteiger charge is -2.13. The first-order valence-electron chi connectivity index (χ1n) is 7.74. The number of carbonyl (C=O) groups is 2. The predicted molar refractivity (Wildman–Crippen MR) is 93.8 cm³/mol. The number of hydrogen-bond donors (Lipinski definition) is 3. The maximum atomic E-state index is 12.0. The van der Waals surface area contributed by atoms with Gasteiger partial charge in [0.05, 0.1) is 6.54 Å². The Hall–Kier alpha value is -2.89. The van der Waals surface area contributed by atoms with Gasteiger partial charge >= 0.3 is 6.03 Å². The van der Waals surface area contributed by atoms with Crippen LogP contribution >= 0.6 is 0 Å². The Kier molecular flexibility index (Phi) is 5.89. The molecule has 0 aliphatic rings. The lowest BCUT2D eigenvalue weighted by atomic mass is 10.1. The van der Waals surface area contributed by atoms with Gasteiger partial charge in [-0.05, 0) is 43.5 Å². The molecule has 0 bridgehead atoms. The van der Waals surface area contributed by atoms with E-state index >= 15 is 0 Å². The van der Waals surface area contributed by atoms with Gasteiger partial charge in [0.1, 0.15) is 0 Å². The molecule has 0 unspecified atom stereocenters. The van der Waals surface area contributed by atoms with Crippen LogP contribution in [-0.4, -0.2) is 23.5 Å². The normalized spacial score (nSPS) is 10.1. The zero-order chi connectivity index (χ0) is 17.5. The van der Waals surface area contributed by atoms with Crippen LogP contribution in [0.25, 0.3) is 0 Å². The molecule has 0 aliphatic heterocycles. The fraction of sp³-hybridized carbons (Fsp3) is 0.278. The van der Waals surface area contributed by atoms with E-state index in [1.807, 2.05) is 39.0 Å². The number of urea groups is 1. The second-order valence-corrected chi connectivity index (χ2v) is 5.72. The molecule has 24 heavy (non-hydrogen) atoms. The van der Waals surface area contributed by atoms with Crippen molar-refractivity contribution in [3.63, 3.8) is 0 Å². The van der Waals surface area contributed by atoms with Crippen LogP contribution in [0.5, 0.6) is 0 Å². The number of aromatic nitrogens is 1. The molecule has 0 saturated heterocycles. The van der Waals surface area contributed by atoms with Crippen molar-refractivity contribution in [2.45, 2.75) is 27.3 Å². The van der Waals surface area contributed by atoms with Crippen LogP contribution in [0.1, 0.15) is 22.3 Å². The monoisotopic (exact) mass is 326 g/mol. The molecule has 3 N–H and O–H groups in total. The fourth-order valence-corrected chi connectivity index (χ4v) is 2.47. The van der Waals surface area contributed by atoms with E-state index in [1.165, 1.54) is 0 Å². The molecule has 2 aromatic rings. The Bertz CT molecular complexity index is 706. The van der Waals surface area contributed by atoms with Crippen molar-refractivity contribution in [2.75, 3.05) is 11.9 Å². The van der Waals surface area contributed by atoms with Gasteiger partial charge in [0.25, 0.3) is 0 Å². The number of amides is 3. The minimum absolute atomic E-state index is 0.0916. The van der Waals surface area contributed by atoms with Crippen LogP contribution in [0.4, 0.5) is 10.5 Å². The largest absolute Gasteiger partial charge is 0.334 e. The van der Waals surface area contributed by atoms with Crippen molar-refractivity contribution in [3.05, 3.63) is 58.9 Å². The van der Waals surface area contributed by atoms with E-state index in [4.69, 9.17) is 0 Å². The summed E-state index contributed by atoms with van der Waals surface area (Å²) in [6.45, 7) is 6.18. The van der Waals surface area contributed by atoms with Gasteiger partial charge in [-0.15, -0.1) is 0 Å². The number of rotatable bonds is 5. The Morgan fingerprint density at radius 1 is 1.08 bits per heavy atom. The van der Waals surface area contributed by atoms with E-state index < -0.39 is 6.03 Å². The van der Waals surface area contributed by atoms with Gasteiger partial charge in [0, 0.05) is 24.6 Å². The Labute approximate surface area is 141 Å². The molecular formula is C18H22N4O2. The standard InChI is InChI=1S/C18H22N4O2/c1-12-7-13(2)17(14(3)8-12)22-16(23)11-21-18(24)20-10-15-5-4-6-19-9-15/h4-9H,10-11H2,1-3H3,(H,22,23)(H2,20,21,24). The van der Waals surface area contributed by atoms with Crippen LogP contribution in [0.2, 0.25) is 0 Å². The van der Waals surface area contributed by atoms with Crippen molar-refractivity contribution in [2.24, 2.45) is 0 Å². The molecule has 0 radical (unpaired) electrons. The van der Waals surface area contributed by atoms with Crippen LogP contribution in [-0.2, 0) is 11.3 Å². The molecule has 0 saturated carbocycles. The summed E-state index contributed by atoms with van der Waals surface area (Å²) < 4.78 is 0. The topological polar surface area (TPSA) is 83.1 Å². The van der Waals surface area contributed by atoms with Crippen molar-refractivity contribution in [3.8, 4) is 0 Å². The maximum absolute atomic E-state index is 12.0. The van der Waals surface area contributed by atoms with Gasteiger partial charge in [0.15, 0.2) is 0 Å². The number of anilines is 1. The second kappa shape index (κ2) is 8.10.